The van der Waals surface area contributed by atoms with Gasteiger partial charge < -0.3 is 19.9 Å². The fraction of sp³-hybridized carbons (Fsp3) is 0.278. The van der Waals surface area contributed by atoms with Gasteiger partial charge in [0.05, 0.1) is 12.3 Å². The van der Waals surface area contributed by atoms with Gasteiger partial charge in [0.25, 0.3) is 0 Å². The molecular formula is C36H39N3O5. The highest BCUT2D eigenvalue weighted by Gasteiger charge is 2.23. The number of ether oxygens (including phenoxy) is 2. The fourth-order valence-corrected chi connectivity index (χ4v) is 5.25. The highest BCUT2D eigenvalue weighted by Crippen LogP contribution is 2.30. The summed E-state index contributed by atoms with van der Waals surface area (Å²) in [4.78, 5) is 28.0. The topological polar surface area (TPSA) is 100 Å². The van der Waals surface area contributed by atoms with Crippen molar-refractivity contribution in [2.75, 3.05) is 36.9 Å². The minimum Gasteiger partial charge on any atom is -0.492 e. The number of hydrogen-bond acceptors (Lipinski definition) is 6. The van der Waals surface area contributed by atoms with Crippen LogP contribution < -0.4 is 15.4 Å². The number of nitrogens with one attached hydrogen (secondary N) is 2. The molecule has 0 aliphatic carbocycles. The minimum absolute atomic E-state index is 0.0399. The molecule has 5 rings (SSSR count). The Labute approximate surface area is 258 Å². The van der Waals surface area contributed by atoms with E-state index in [2.05, 4.69) is 15.5 Å². The van der Waals surface area contributed by atoms with Crippen LogP contribution in [0.2, 0.25) is 0 Å². The smallest absolute Gasteiger partial charge is 0.411 e. The van der Waals surface area contributed by atoms with Gasteiger partial charge >= 0.3 is 6.09 Å². The summed E-state index contributed by atoms with van der Waals surface area (Å²) in [6.45, 7) is 3.09. The SMILES string of the molecule is O=C(CCc1ccc(-c2ccccc2)c(NC(=O)OC2CCN(CCOc3ccccc3)CC2)c1)Nc1ccc(CO)cc1. The van der Waals surface area contributed by atoms with Crippen LogP contribution >= 0.6 is 0 Å². The van der Waals surface area contributed by atoms with Gasteiger partial charge in [-0.25, -0.2) is 4.79 Å². The Balaban J connectivity index is 1.14. The number of aliphatic hydroxyl groups is 1. The summed E-state index contributed by atoms with van der Waals surface area (Å²) in [5.74, 6) is 0.760. The van der Waals surface area contributed by atoms with Crippen molar-refractivity contribution in [3.8, 4) is 16.9 Å². The molecule has 0 radical (unpaired) electrons. The van der Waals surface area contributed by atoms with E-state index < -0.39 is 6.09 Å². The van der Waals surface area contributed by atoms with E-state index in [9.17, 15) is 14.7 Å². The zero-order chi connectivity index (χ0) is 30.6. The van der Waals surface area contributed by atoms with Crippen molar-refractivity contribution >= 4 is 23.4 Å². The normalized spacial score (nSPS) is 13.7. The average molecular weight is 594 g/mol. The van der Waals surface area contributed by atoms with Crippen LogP contribution in [0.4, 0.5) is 16.2 Å². The number of benzene rings is 4. The number of aryl methyl sites for hydroxylation is 1. The zero-order valence-corrected chi connectivity index (χ0v) is 24.8. The molecule has 0 unspecified atom stereocenters. The molecule has 1 aliphatic heterocycles. The lowest BCUT2D eigenvalue weighted by Crippen LogP contribution is -2.40. The van der Waals surface area contributed by atoms with Gasteiger partial charge in [-0.1, -0.05) is 72.8 Å². The molecule has 0 spiro atoms. The quantitative estimate of drug-likeness (QED) is 0.173. The summed E-state index contributed by atoms with van der Waals surface area (Å²) in [7, 11) is 0. The summed E-state index contributed by atoms with van der Waals surface area (Å²) in [5.41, 5.74) is 4.90. The summed E-state index contributed by atoms with van der Waals surface area (Å²) in [6, 6.07) is 32.7. The van der Waals surface area contributed by atoms with Crippen LogP contribution in [0.1, 0.15) is 30.4 Å². The maximum atomic E-state index is 13.1. The van der Waals surface area contributed by atoms with Gasteiger partial charge in [0, 0.05) is 37.3 Å². The minimum atomic E-state index is -0.478. The molecule has 2 amide bonds. The van der Waals surface area contributed by atoms with E-state index >= 15 is 0 Å². The molecule has 8 heteroatoms. The number of likely N-dealkylation sites (tertiary alicyclic amines) is 1. The second-order valence-corrected chi connectivity index (χ2v) is 10.9. The highest BCUT2D eigenvalue weighted by atomic mass is 16.6. The van der Waals surface area contributed by atoms with Crippen molar-refractivity contribution in [1.29, 1.82) is 0 Å². The van der Waals surface area contributed by atoms with E-state index in [4.69, 9.17) is 9.47 Å². The third-order valence-electron chi connectivity index (χ3n) is 7.69. The Kier molecular flexibility index (Phi) is 11.0. The lowest BCUT2D eigenvalue weighted by molar-refractivity contribution is -0.116. The molecule has 228 valence electrons. The number of rotatable bonds is 12. The van der Waals surface area contributed by atoms with Crippen LogP contribution in [0.5, 0.6) is 5.75 Å². The van der Waals surface area contributed by atoms with Crippen molar-refractivity contribution in [1.82, 2.24) is 4.90 Å². The van der Waals surface area contributed by atoms with E-state index in [1.165, 1.54) is 0 Å². The predicted octanol–water partition coefficient (Wildman–Crippen LogP) is 6.51. The summed E-state index contributed by atoms with van der Waals surface area (Å²) in [6.07, 6.45) is 1.69. The van der Waals surface area contributed by atoms with Crippen LogP contribution in [-0.4, -0.2) is 54.4 Å². The lowest BCUT2D eigenvalue weighted by atomic mass is 9.99. The Bertz CT molecular complexity index is 1490. The van der Waals surface area contributed by atoms with Gasteiger partial charge in [-0.15, -0.1) is 0 Å². The third kappa shape index (κ3) is 9.17. The standard InChI is InChI=1S/C36H39N3O5/c40-26-28-11-15-30(16-12-28)37-35(41)18-14-27-13-17-33(29-7-3-1-4-8-29)34(25-27)38-36(42)44-32-19-21-39(22-20-32)23-24-43-31-9-5-2-6-10-31/h1-13,15-17,25,32,40H,14,18-24,26H2,(H,37,41)(H,38,42). The van der Waals surface area contributed by atoms with Crippen LogP contribution in [0, 0.1) is 0 Å². The molecule has 8 nitrogen and oxygen atoms in total. The molecule has 4 aromatic rings. The Hall–Kier alpha value is -4.66. The number of piperidine rings is 1. The molecular weight excluding hydrogens is 554 g/mol. The van der Waals surface area contributed by atoms with E-state index in [0.717, 1.165) is 60.5 Å². The van der Waals surface area contributed by atoms with Crippen molar-refractivity contribution in [3.05, 3.63) is 114 Å². The van der Waals surface area contributed by atoms with E-state index in [1.54, 1.807) is 24.3 Å². The number of para-hydroxylation sites is 1. The number of hydrogen-bond donors (Lipinski definition) is 3. The lowest BCUT2D eigenvalue weighted by Gasteiger charge is -2.31. The summed E-state index contributed by atoms with van der Waals surface area (Å²) < 4.78 is 11.7. The van der Waals surface area contributed by atoms with E-state index in [0.29, 0.717) is 24.4 Å². The van der Waals surface area contributed by atoms with Crippen molar-refractivity contribution < 1.29 is 24.2 Å². The number of amides is 2. The number of carbonyl (C=O) groups is 2. The van der Waals surface area contributed by atoms with Gasteiger partial charge in [-0.05, 0) is 66.3 Å². The first-order valence-electron chi connectivity index (χ1n) is 15.1. The first kappa shape index (κ1) is 30.8. The Morgan fingerprint density at radius 3 is 2.20 bits per heavy atom. The number of aliphatic hydroxyl groups excluding tert-OH is 1. The van der Waals surface area contributed by atoms with Crippen LogP contribution in [0.15, 0.2) is 103 Å². The molecule has 0 aromatic heterocycles. The third-order valence-corrected chi connectivity index (χ3v) is 7.69. The number of nitrogens with zero attached hydrogens (tertiary/aromatic N) is 1. The second-order valence-electron chi connectivity index (χ2n) is 10.9. The Morgan fingerprint density at radius 2 is 1.50 bits per heavy atom. The zero-order valence-electron chi connectivity index (χ0n) is 24.8. The first-order valence-corrected chi connectivity index (χ1v) is 15.1. The van der Waals surface area contributed by atoms with Gasteiger partial charge in [0.1, 0.15) is 18.5 Å². The monoisotopic (exact) mass is 593 g/mol. The molecule has 1 aliphatic rings. The summed E-state index contributed by atoms with van der Waals surface area (Å²) in [5, 5.41) is 15.1. The van der Waals surface area contributed by atoms with Crippen LogP contribution in [0.3, 0.4) is 0 Å². The van der Waals surface area contributed by atoms with Gasteiger partial charge in [-0.3, -0.25) is 15.0 Å². The molecule has 1 heterocycles. The predicted molar refractivity (Wildman–Crippen MR) is 173 cm³/mol. The second kappa shape index (κ2) is 15.7. The fourth-order valence-electron chi connectivity index (χ4n) is 5.25. The van der Waals surface area contributed by atoms with Crippen LogP contribution in [-0.2, 0) is 22.6 Å². The molecule has 0 atom stereocenters. The number of anilines is 2. The van der Waals surface area contributed by atoms with E-state index in [-0.39, 0.29) is 25.0 Å². The molecule has 0 saturated carbocycles. The molecule has 0 bridgehead atoms. The average Bonchev–Trinajstić information content (AvgIpc) is 3.06. The molecule has 1 fully saturated rings. The van der Waals surface area contributed by atoms with Gasteiger partial charge in [0.2, 0.25) is 5.91 Å². The highest BCUT2D eigenvalue weighted by molar-refractivity contribution is 5.92. The molecule has 44 heavy (non-hydrogen) atoms. The van der Waals surface area contributed by atoms with Crippen molar-refractivity contribution in [2.45, 2.75) is 38.4 Å². The molecule has 3 N–H and O–H groups in total. The maximum Gasteiger partial charge on any atom is 0.411 e. The largest absolute Gasteiger partial charge is 0.492 e. The van der Waals surface area contributed by atoms with Crippen molar-refractivity contribution in [2.24, 2.45) is 0 Å². The van der Waals surface area contributed by atoms with Gasteiger partial charge in [-0.2, -0.15) is 0 Å². The molecule has 1 saturated heterocycles. The van der Waals surface area contributed by atoms with Crippen molar-refractivity contribution in [3.63, 3.8) is 0 Å². The van der Waals surface area contributed by atoms with Gasteiger partial charge in [0.15, 0.2) is 0 Å². The first-order chi connectivity index (χ1) is 21.6. The number of carbonyl (C=O) groups excluding carboxylic acids is 2. The van der Waals surface area contributed by atoms with Crippen LogP contribution in [0.25, 0.3) is 11.1 Å². The van der Waals surface area contributed by atoms with E-state index in [1.807, 2.05) is 78.9 Å². The maximum absolute atomic E-state index is 13.1. The molecule has 4 aromatic carbocycles. The Morgan fingerprint density at radius 1 is 0.818 bits per heavy atom. The summed E-state index contributed by atoms with van der Waals surface area (Å²) >= 11 is 0.